The van der Waals surface area contributed by atoms with Gasteiger partial charge in [-0.2, -0.15) is 8.42 Å². The van der Waals surface area contributed by atoms with Gasteiger partial charge in [0, 0.05) is 0 Å². The van der Waals surface area contributed by atoms with Crippen LogP contribution in [0.2, 0.25) is 0 Å². The molecule has 0 aromatic heterocycles. The van der Waals surface area contributed by atoms with Gasteiger partial charge in [-0.1, -0.05) is 54.1 Å². The zero-order valence-electron chi connectivity index (χ0n) is 23.1. The molecule has 10 nitrogen and oxygen atoms in total. The standard InChI is InChI=1S/C32H26N2O8S/c1-21-8-15-26(16-9-21)43(38,39)42-28-17-10-23(19-29(28)40-2)18-27-30(35)33-32(37)34(31(27)36)24-11-13-25(14-12-24)41-20-22-6-4-3-5-7-22/h3-19H,20H2,1-2H3,(H,33,35,37)/b27-18+. The van der Waals surface area contributed by atoms with Crippen LogP contribution in [-0.2, 0) is 26.3 Å². The first kappa shape index (κ1) is 29.1. The van der Waals surface area contributed by atoms with Gasteiger partial charge in [0.15, 0.2) is 11.5 Å². The molecule has 0 radical (unpaired) electrons. The minimum Gasteiger partial charge on any atom is -0.493 e. The summed E-state index contributed by atoms with van der Waals surface area (Å²) in [6, 6.07) is 25.4. The van der Waals surface area contributed by atoms with E-state index in [2.05, 4.69) is 5.32 Å². The molecule has 0 aliphatic carbocycles. The van der Waals surface area contributed by atoms with E-state index in [1.165, 1.54) is 55.7 Å². The van der Waals surface area contributed by atoms with E-state index in [0.717, 1.165) is 16.0 Å². The van der Waals surface area contributed by atoms with Crippen LogP contribution in [0.1, 0.15) is 16.7 Å². The lowest BCUT2D eigenvalue weighted by atomic mass is 10.1. The fourth-order valence-electron chi connectivity index (χ4n) is 4.21. The van der Waals surface area contributed by atoms with Gasteiger partial charge in [0.2, 0.25) is 0 Å². The highest BCUT2D eigenvalue weighted by molar-refractivity contribution is 7.87. The third kappa shape index (κ3) is 6.57. The zero-order valence-corrected chi connectivity index (χ0v) is 24.0. The van der Waals surface area contributed by atoms with Crippen molar-refractivity contribution < 1.29 is 36.5 Å². The Morgan fingerprint density at radius 1 is 0.837 bits per heavy atom. The van der Waals surface area contributed by atoms with Gasteiger partial charge in [-0.25, -0.2) is 9.69 Å². The Labute approximate surface area is 248 Å². The van der Waals surface area contributed by atoms with Crippen LogP contribution >= 0.6 is 0 Å². The number of benzene rings is 4. The van der Waals surface area contributed by atoms with Crippen LogP contribution in [0.4, 0.5) is 10.5 Å². The normalized spacial score (nSPS) is 14.4. The molecule has 1 aliphatic heterocycles. The maximum absolute atomic E-state index is 13.3. The first-order valence-corrected chi connectivity index (χ1v) is 14.4. The third-order valence-electron chi connectivity index (χ3n) is 6.45. The fraction of sp³-hybridized carbons (Fsp3) is 0.0938. The van der Waals surface area contributed by atoms with Crippen molar-refractivity contribution in [3.05, 3.63) is 119 Å². The van der Waals surface area contributed by atoms with Crippen LogP contribution in [0.25, 0.3) is 6.08 Å². The molecule has 4 aromatic carbocycles. The van der Waals surface area contributed by atoms with Crippen molar-refractivity contribution in [2.24, 2.45) is 0 Å². The molecule has 4 amide bonds. The second-order valence-corrected chi connectivity index (χ2v) is 11.0. The minimum atomic E-state index is -4.15. The molecule has 1 heterocycles. The monoisotopic (exact) mass is 598 g/mol. The third-order valence-corrected chi connectivity index (χ3v) is 7.70. The van der Waals surface area contributed by atoms with Crippen molar-refractivity contribution in [3.8, 4) is 17.2 Å². The Morgan fingerprint density at radius 3 is 2.21 bits per heavy atom. The van der Waals surface area contributed by atoms with Crippen LogP contribution in [0, 0.1) is 6.92 Å². The number of hydrogen-bond acceptors (Lipinski definition) is 8. The molecule has 4 aromatic rings. The molecule has 0 spiro atoms. The fourth-order valence-corrected chi connectivity index (χ4v) is 5.14. The number of ether oxygens (including phenoxy) is 2. The number of urea groups is 1. The number of anilines is 1. The quantitative estimate of drug-likeness (QED) is 0.162. The van der Waals surface area contributed by atoms with Gasteiger partial charge in [-0.15, -0.1) is 0 Å². The second-order valence-electron chi connectivity index (χ2n) is 9.49. The van der Waals surface area contributed by atoms with Gasteiger partial charge in [0.25, 0.3) is 11.8 Å². The predicted octanol–water partition coefficient (Wildman–Crippen LogP) is 5.02. The number of hydrogen-bond donors (Lipinski definition) is 1. The molecule has 5 rings (SSSR count). The number of rotatable bonds is 9. The number of amides is 4. The Hall–Kier alpha value is -5.42. The topological polar surface area (TPSA) is 128 Å². The summed E-state index contributed by atoms with van der Waals surface area (Å²) in [6.07, 6.45) is 1.27. The van der Waals surface area contributed by atoms with Crippen LogP contribution < -0.4 is 23.9 Å². The summed E-state index contributed by atoms with van der Waals surface area (Å²) < 4.78 is 41.9. The number of aryl methyl sites for hydroxylation is 1. The highest BCUT2D eigenvalue weighted by Gasteiger charge is 2.37. The van der Waals surface area contributed by atoms with E-state index in [1.807, 2.05) is 37.3 Å². The van der Waals surface area contributed by atoms with Crippen molar-refractivity contribution in [2.75, 3.05) is 12.0 Å². The van der Waals surface area contributed by atoms with Crippen molar-refractivity contribution in [3.63, 3.8) is 0 Å². The minimum absolute atomic E-state index is 0.0311. The summed E-state index contributed by atoms with van der Waals surface area (Å²) in [5, 5.41) is 2.18. The van der Waals surface area contributed by atoms with Crippen molar-refractivity contribution >= 4 is 39.7 Å². The number of methoxy groups -OCH3 is 1. The zero-order chi connectivity index (χ0) is 30.6. The van der Waals surface area contributed by atoms with E-state index in [-0.39, 0.29) is 27.7 Å². The van der Waals surface area contributed by atoms with Crippen LogP contribution in [-0.4, -0.2) is 33.4 Å². The van der Waals surface area contributed by atoms with Crippen LogP contribution in [0.3, 0.4) is 0 Å². The van der Waals surface area contributed by atoms with Gasteiger partial charge in [-0.3, -0.25) is 14.9 Å². The maximum atomic E-state index is 13.3. The van der Waals surface area contributed by atoms with Crippen molar-refractivity contribution in [1.82, 2.24) is 5.32 Å². The second kappa shape index (κ2) is 12.2. The smallest absolute Gasteiger partial charge is 0.339 e. The van der Waals surface area contributed by atoms with Gasteiger partial charge in [-0.05, 0) is 72.7 Å². The Morgan fingerprint density at radius 2 is 1.53 bits per heavy atom. The average Bonchev–Trinajstić information content (AvgIpc) is 3.00. The first-order valence-electron chi connectivity index (χ1n) is 13.0. The van der Waals surface area contributed by atoms with Gasteiger partial charge in [0.05, 0.1) is 12.8 Å². The molecular formula is C32H26N2O8S. The first-order chi connectivity index (χ1) is 20.6. The summed E-state index contributed by atoms with van der Waals surface area (Å²) >= 11 is 0. The van der Waals surface area contributed by atoms with Gasteiger partial charge < -0.3 is 13.7 Å². The van der Waals surface area contributed by atoms with E-state index in [0.29, 0.717) is 17.9 Å². The summed E-state index contributed by atoms with van der Waals surface area (Å²) in [5.74, 6) is -1.23. The lowest BCUT2D eigenvalue weighted by Gasteiger charge is -2.26. The molecule has 1 saturated heterocycles. The van der Waals surface area contributed by atoms with Gasteiger partial charge >= 0.3 is 16.1 Å². The Kier molecular flexibility index (Phi) is 8.26. The number of imide groups is 2. The lowest BCUT2D eigenvalue weighted by molar-refractivity contribution is -0.122. The molecular weight excluding hydrogens is 572 g/mol. The summed E-state index contributed by atoms with van der Waals surface area (Å²) in [5.41, 5.74) is 2.12. The van der Waals surface area contributed by atoms with Crippen LogP contribution in [0.5, 0.6) is 17.2 Å². The van der Waals surface area contributed by atoms with Crippen LogP contribution in [0.15, 0.2) is 108 Å². The highest BCUT2D eigenvalue weighted by atomic mass is 32.2. The summed E-state index contributed by atoms with van der Waals surface area (Å²) in [4.78, 5) is 39.5. The van der Waals surface area contributed by atoms with E-state index >= 15 is 0 Å². The number of nitrogens with zero attached hydrogens (tertiary/aromatic N) is 1. The van der Waals surface area contributed by atoms with Gasteiger partial charge in [0.1, 0.15) is 22.8 Å². The van der Waals surface area contributed by atoms with E-state index in [1.54, 1.807) is 24.3 Å². The number of barbiturate groups is 1. The molecule has 0 saturated carbocycles. The largest absolute Gasteiger partial charge is 0.493 e. The molecule has 0 bridgehead atoms. The number of carbonyl (C=O) groups excluding carboxylic acids is 3. The molecule has 0 atom stereocenters. The molecule has 218 valence electrons. The van der Waals surface area contributed by atoms with Crippen molar-refractivity contribution in [2.45, 2.75) is 18.4 Å². The average molecular weight is 599 g/mol. The molecule has 1 N–H and O–H groups in total. The molecule has 43 heavy (non-hydrogen) atoms. The maximum Gasteiger partial charge on any atom is 0.339 e. The number of carbonyl (C=O) groups is 3. The predicted molar refractivity (Wildman–Crippen MR) is 158 cm³/mol. The summed E-state index contributed by atoms with van der Waals surface area (Å²) in [7, 11) is -2.83. The van der Waals surface area contributed by atoms with E-state index in [9.17, 15) is 22.8 Å². The number of nitrogens with one attached hydrogen (secondary N) is 1. The molecule has 1 fully saturated rings. The van der Waals surface area contributed by atoms with E-state index < -0.39 is 28.0 Å². The molecule has 1 aliphatic rings. The van der Waals surface area contributed by atoms with Crippen molar-refractivity contribution in [1.29, 1.82) is 0 Å². The van der Waals surface area contributed by atoms with E-state index in [4.69, 9.17) is 13.7 Å². The Balaban J connectivity index is 1.35. The Bertz CT molecular complexity index is 1820. The SMILES string of the molecule is COc1cc(/C=C2\C(=O)NC(=O)N(c3ccc(OCc4ccccc4)cc3)C2=O)ccc1OS(=O)(=O)c1ccc(C)cc1. The lowest BCUT2D eigenvalue weighted by Crippen LogP contribution is -2.54. The molecule has 0 unspecified atom stereocenters. The summed E-state index contributed by atoms with van der Waals surface area (Å²) in [6.45, 7) is 2.18. The molecule has 11 heteroatoms. The highest BCUT2D eigenvalue weighted by Crippen LogP contribution is 2.32.